The quantitative estimate of drug-likeness (QED) is 0.168. The Morgan fingerprint density at radius 3 is 2.31 bits per heavy atom. The maximum atomic E-state index is 13.4. The van der Waals surface area contributed by atoms with Crippen molar-refractivity contribution in [2.45, 2.75) is 19.9 Å². The van der Waals surface area contributed by atoms with Crippen molar-refractivity contribution in [3.05, 3.63) is 113 Å². The zero-order valence-corrected chi connectivity index (χ0v) is 28.0. The molecule has 1 aliphatic rings. The number of nitrogens with one attached hydrogen (secondary N) is 3. The molecule has 3 amide bonds. The second-order valence-electron chi connectivity index (χ2n) is 12.4. The van der Waals surface area contributed by atoms with Crippen LogP contribution in [-0.4, -0.2) is 76.1 Å². The van der Waals surface area contributed by atoms with Crippen LogP contribution in [0, 0.1) is 0 Å². The first-order chi connectivity index (χ1) is 23.7. The Hall–Kier alpha value is -5.52. The Morgan fingerprint density at radius 1 is 0.837 bits per heavy atom. The molecule has 0 radical (unpaired) electrons. The molecule has 11 nitrogen and oxygen atoms in total. The number of anilines is 2. The van der Waals surface area contributed by atoms with E-state index in [-0.39, 0.29) is 23.8 Å². The van der Waals surface area contributed by atoms with Crippen molar-refractivity contribution in [3.63, 3.8) is 0 Å². The minimum Gasteiger partial charge on any atom is -0.379 e. The first-order valence-electron chi connectivity index (χ1n) is 16.5. The van der Waals surface area contributed by atoms with Crippen molar-refractivity contribution in [2.24, 2.45) is 7.05 Å². The highest BCUT2D eigenvalue weighted by Crippen LogP contribution is 2.23. The topological polar surface area (TPSA) is 123 Å². The maximum absolute atomic E-state index is 13.4. The first kappa shape index (κ1) is 33.4. The molecule has 6 rings (SSSR count). The molecule has 2 aromatic carbocycles. The van der Waals surface area contributed by atoms with Crippen LogP contribution >= 0.6 is 0 Å². The Bertz CT molecular complexity index is 1980. The summed E-state index contributed by atoms with van der Waals surface area (Å²) >= 11 is 0. The third-order valence-corrected chi connectivity index (χ3v) is 8.46. The number of nitrogens with zero attached hydrogens (tertiary/aromatic N) is 4. The van der Waals surface area contributed by atoms with Crippen molar-refractivity contribution in [3.8, 4) is 0 Å². The summed E-state index contributed by atoms with van der Waals surface area (Å²) in [5, 5.41) is 9.87. The highest BCUT2D eigenvalue weighted by atomic mass is 16.5. The lowest BCUT2D eigenvalue weighted by molar-refractivity contribution is 0.0383. The monoisotopic (exact) mass is 659 g/mol. The average molecular weight is 660 g/mol. The molecule has 252 valence electrons. The molecule has 0 bridgehead atoms. The standard InChI is InChI=1S/C38H41N7O4/c1-26(2)45-25-32(41-36(46)29-12-10-27(11-13-29)8-9-28-20-30-6-4-5-7-33(30)40-23-28)22-35(45)38(48)42-31-21-34(43(3)24-31)37(47)39-14-15-44-16-18-49-19-17-44/h4-13,20-26H,14-19H2,1-3H3,(H,39,47)(H,41,46)(H,42,48)/b9-8+. The number of aromatic nitrogens is 3. The second-order valence-corrected chi connectivity index (χ2v) is 12.4. The minimum atomic E-state index is -0.350. The van der Waals surface area contributed by atoms with Crippen molar-refractivity contribution in [1.82, 2.24) is 24.3 Å². The summed E-state index contributed by atoms with van der Waals surface area (Å²) in [5.74, 6) is -0.843. The first-order valence-corrected chi connectivity index (χ1v) is 16.5. The van der Waals surface area contributed by atoms with Gasteiger partial charge in [-0.25, -0.2) is 0 Å². The number of para-hydroxylation sites is 1. The van der Waals surface area contributed by atoms with E-state index in [9.17, 15) is 14.4 Å². The van der Waals surface area contributed by atoms with E-state index in [2.05, 4.69) is 31.9 Å². The number of pyridine rings is 1. The summed E-state index contributed by atoms with van der Waals surface area (Å²) in [6, 6.07) is 20.7. The van der Waals surface area contributed by atoms with E-state index in [1.165, 1.54) is 0 Å². The lowest BCUT2D eigenvalue weighted by Crippen LogP contribution is -2.41. The molecule has 5 aromatic rings. The predicted octanol–water partition coefficient (Wildman–Crippen LogP) is 5.69. The van der Waals surface area contributed by atoms with Crippen LogP contribution in [0.15, 0.2) is 85.3 Å². The van der Waals surface area contributed by atoms with Crippen LogP contribution in [0.3, 0.4) is 0 Å². The lowest BCUT2D eigenvalue weighted by Gasteiger charge is -2.26. The summed E-state index contributed by atoms with van der Waals surface area (Å²) in [4.78, 5) is 46.2. The van der Waals surface area contributed by atoms with Gasteiger partial charge in [0.25, 0.3) is 17.7 Å². The molecule has 0 saturated carbocycles. The van der Waals surface area contributed by atoms with E-state index in [4.69, 9.17) is 4.74 Å². The van der Waals surface area contributed by atoms with E-state index >= 15 is 0 Å². The summed E-state index contributed by atoms with van der Waals surface area (Å²) in [6.07, 6.45) is 9.27. The summed E-state index contributed by atoms with van der Waals surface area (Å²) in [7, 11) is 1.77. The number of carbonyl (C=O) groups excluding carboxylic acids is 3. The fourth-order valence-corrected chi connectivity index (χ4v) is 5.77. The van der Waals surface area contributed by atoms with Gasteiger partial charge < -0.3 is 29.8 Å². The molecule has 1 saturated heterocycles. The average Bonchev–Trinajstić information content (AvgIpc) is 3.71. The van der Waals surface area contributed by atoms with Gasteiger partial charge in [0, 0.05) is 68.8 Å². The van der Waals surface area contributed by atoms with Gasteiger partial charge >= 0.3 is 0 Å². The molecule has 0 unspecified atom stereocenters. The number of benzene rings is 2. The lowest BCUT2D eigenvalue weighted by atomic mass is 10.1. The number of hydrogen-bond donors (Lipinski definition) is 3. The zero-order chi connectivity index (χ0) is 34.3. The van der Waals surface area contributed by atoms with Crippen molar-refractivity contribution in [2.75, 3.05) is 50.0 Å². The van der Waals surface area contributed by atoms with E-state index in [0.29, 0.717) is 48.1 Å². The van der Waals surface area contributed by atoms with Gasteiger partial charge in [-0.3, -0.25) is 24.3 Å². The Labute approximate surface area is 285 Å². The van der Waals surface area contributed by atoms with Gasteiger partial charge in [-0.1, -0.05) is 42.5 Å². The number of ether oxygens (including phenoxy) is 1. The Kier molecular flexibility index (Phi) is 10.3. The van der Waals surface area contributed by atoms with Gasteiger partial charge in [0.2, 0.25) is 0 Å². The van der Waals surface area contributed by atoms with Crippen LogP contribution in [0.1, 0.15) is 62.4 Å². The van der Waals surface area contributed by atoms with Crippen LogP contribution in [0.4, 0.5) is 11.4 Å². The van der Waals surface area contributed by atoms with Crippen molar-refractivity contribution >= 4 is 52.2 Å². The maximum Gasteiger partial charge on any atom is 0.272 e. The van der Waals surface area contributed by atoms with E-state index < -0.39 is 0 Å². The van der Waals surface area contributed by atoms with Crippen LogP contribution in [0.2, 0.25) is 0 Å². The second kappa shape index (κ2) is 15.1. The van der Waals surface area contributed by atoms with Crippen molar-refractivity contribution in [1.29, 1.82) is 0 Å². The van der Waals surface area contributed by atoms with Crippen LogP contribution < -0.4 is 16.0 Å². The number of fused-ring (bicyclic) bond motifs is 1. The molecule has 3 aromatic heterocycles. The normalized spacial score (nSPS) is 13.6. The van der Waals surface area contributed by atoms with Crippen LogP contribution in [0.25, 0.3) is 23.1 Å². The summed E-state index contributed by atoms with van der Waals surface area (Å²) in [5.41, 5.74) is 5.21. The zero-order valence-electron chi connectivity index (χ0n) is 28.0. The molecule has 0 spiro atoms. The SMILES string of the molecule is CC(C)n1cc(NC(=O)c2ccc(/C=C/c3cnc4ccccc4c3)cc2)cc1C(=O)Nc1cc(C(=O)NCCN2CCOCC2)n(C)c1. The number of aryl methyl sites for hydroxylation is 1. The molecule has 3 N–H and O–H groups in total. The number of morpholine rings is 1. The number of carbonyl (C=O) groups is 3. The molecule has 0 aliphatic carbocycles. The molecule has 49 heavy (non-hydrogen) atoms. The molecule has 0 atom stereocenters. The summed E-state index contributed by atoms with van der Waals surface area (Å²) < 4.78 is 8.87. The number of rotatable bonds is 11. The Balaban J connectivity index is 1.06. The molecule has 11 heteroatoms. The largest absolute Gasteiger partial charge is 0.379 e. The van der Waals surface area contributed by atoms with Gasteiger partial charge in [0.15, 0.2) is 0 Å². The van der Waals surface area contributed by atoms with E-state index in [0.717, 1.165) is 41.7 Å². The molecule has 1 fully saturated rings. The van der Waals surface area contributed by atoms with Gasteiger partial charge in [-0.2, -0.15) is 0 Å². The minimum absolute atomic E-state index is 0.0427. The molecular formula is C38H41N7O4. The fraction of sp³-hybridized carbons (Fsp3) is 0.263. The van der Waals surface area contributed by atoms with Gasteiger partial charge in [0.1, 0.15) is 11.4 Å². The molecular weight excluding hydrogens is 618 g/mol. The highest BCUT2D eigenvalue weighted by Gasteiger charge is 2.20. The van der Waals surface area contributed by atoms with Crippen LogP contribution in [-0.2, 0) is 11.8 Å². The smallest absolute Gasteiger partial charge is 0.272 e. The van der Waals surface area contributed by atoms with Gasteiger partial charge in [0.05, 0.1) is 30.1 Å². The Morgan fingerprint density at radius 2 is 1.53 bits per heavy atom. The summed E-state index contributed by atoms with van der Waals surface area (Å²) in [6.45, 7) is 8.33. The number of amides is 3. The molecule has 1 aliphatic heterocycles. The highest BCUT2D eigenvalue weighted by molar-refractivity contribution is 6.07. The molecule has 4 heterocycles. The number of hydrogen-bond acceptors (Lipinski definition) is 6. The predicted molar refractivity (Wildman–Crippen MR) is 193 cm³/mol. The van der Waals surface area contributed by atoms with Gasteiger partial charge in [-0.05, 0) is 61.4 Å². The van der Waals surface area contributed by atoms with Crippen molar-refractivity contribution < 1.29 is 19.1 Å². The third kappa shape index (κ3) is 8.32. The van der Waals surface area contributed by atoms with Crippen LogP contribution in [0.5, 0.6) is 0 Å². The third-order valence-electron chi connectivity index (χ3n) is 8.46. The van der Waals surface area contributed by atoms with Gasteiger partial charge in [-0.15, -0.1) is 0 Å². The van der Waals surface area contributed by atoms with E-state index in [1.54, 1.807) is 48.3 Å². The fourth-order valence-electron chi connectivity index (χ4n) is 5.77. The van der Waals surface area contributed by atoms with E-state index in [1.807, 2.05) is 73.2 Å².